The Hall–Kier alpha value is -3.06. The smallest absolute Gasteiger partial charge is 0.289 e. The van der Waals surface area contributed by atoms with Gasteiger partial charge in [0.05, 0.1) is 36.6 Å². The topological polar surface area (TPSA) is 81.9 Å². The number of imidazole rings is 1. The number of nitrogens with one attached hydrogen (secondary N) is 1. The monoisotopic (exact) mass is 391 g/mol. The molecule has 2 aromatic heterocycles. The van der Waals surface area contributed by atoms with Crippen molar-refractivity contribution in [3.8, 4) is 11.4 Å². The second-order valence-electron chi connectivity index (χ2n) is 7.40. The molecule has 1 aliphatic rings. The first-order chi connectivity index (χ1) is 14.2. The van der Waals surface area contributed by atoms with E-state index in [0.29, 0.717) is 12.3 Å². The maximum Gasteiger partial charge on any atom is 0.289 e. The van der Waals surface area contributed by atoms with E-state index in [1.165, 1.54) is 5.56 Å². The summed E-state index contributed by atoms with van der Waals surface area (Å²) in [5, 5.41) is 3.07. The Kier molecular flexibility index (Phi) is 5.95. The highest BCUT2D eigenvalue weighted by Gasteiger charge is 2.24. The molecule has 1 amide bonds. The van der Waals surface area contributed by atoms with Crippen molar-refractivity contribution in [3.63, 3.8) is 0 Å². The van der Waals surface area contributed by atoms with Gasteiger partial charge in [-0.25, -0.2) is 15.0 Å². The standard InChI is InChI=1S/C22H25N5O2/c1-27-15-23-13-20(27)19-11-12-24-21(26-19)22(28)25-17-7-9-18(10-8-17)29-14-16-5-3-2-4-6-16/h2-6,11-13,15,17-18H,7-10,14H2,1H3,(H,25,28)/t17-,18-. The van der Waals surface area contributed by atoms with Gasteiger partial charge in [0.1, 0.15) is 0 Å². The molecule has 150 valence electrons. The zero-order chi connectivity index (χ0) is 20.1. The number of hydrogen-bond donors (Lipinski definition) is 1. The number of aromatic nitrogens is 4. The molecule has 0 radical (unpaired) electrons. The molecular formula is C22H25N5O2. The van der Waals surface area contributed by atoms with E-state index in [-0.39, 0.29) is 23.9 Å². The average Bonchev–Trinajstić information content (AvgIpc) is 3.20. The number of aryl methyl sites for hydroxylation is 1. The van der Waals surface area contributed by atoms with Crippen molar-refractivity contribution in [2.24, 2.45) is 7.05 Å². The first-order valence-electron chi connectivity index (χ1n) is 9.95. The van der Waals surface area contributed by atoms with Crippen LogP contribution >= 0.6 is 0 Å². The van der Waals surface area contributed by atoms with E-state index in [4.69, 9.17) is 4.74 Å². The van der Waals surface area contributed by atoms with E-state index in [0.717, 1.165) is 31.4 Å². The highest BCUT2D eigenvalue weighted by molar-refractivity contribution is 5.91. The van der Waals surface area contributed by atoms with Crippen LogP contribution in [0.2, 0.25) is 0 Å². The molecular weight excluding hydrogens is 366 g/mol. The number of benzene rings is 1. The number of amides is 1. The third-order valence-electron chi connectivity index (χ3n) is 5.28. The van der Waals surface area contributed by atoms with Crippen molar-refractivity contribution < 1.29 is 9.53 Å². The van der Waals surface area contributed by atoms with Gasteiger partial charge < -0.3 is 14.6 Å². The minimum absolute atomic E-state index is 0.128. The Balaban J connectivity index is 1.28. The Labute approximate surface area is 170 Å². The van der Waals surface area contributed by atoms with E-state index >= 15 is 0 Å². The number of nitrogens with zero attached hydrogens (tertiary/aromatic N) is 4. The van der Waals surface area contributed by atoms with E-state index in [9.17, 15) is 4.79 Å². The van der Waals surface area contributed by atoms with Crippen molar-refractivity contribution in [3.05, 3.63) is 66.5 Å². The van der Waals surface area contributed by atoms with Crippen LogP contribution < -0.4 is 5.32 Å². The van der Waals surface area contributed by atoms with E-state index in [2.05, 4.69) is 32.4 Å². The maximum atomic E-state index is 12.6. The third-order valence-corrected chi connectivity index (χ3v) is 5.28. The summed E-state index contributed by atoms with van der Waals surface area (Å²) in [6.45, 7) is 0.636. The Morgan fingerprint density at radius 2 is 1.97 bits per heavy atom. The molecule has 0 aliphatic heterocycles. The van der Waals surface area contributed by atoms with Gasteiger partial charge in [-0.3, -0.25) is 4.79 Å². The SMILES string of the molecule is Cn1cncc1-c1ccnc(C(=O)N[C@H]2CC[C@H](OCc3ccccc3)CC2)n1. The fraction of sp³-hybridized carbons (Fsp3) is 0.364. The molecule has 7 heteroatoms. The number of hydrogen-bond acceptors (Lipinski definition) is 5. The Morgan fingerprint density at radius 3 is 2.69 bits per heavy atom. The van der Waals surface area contributed by atoms with Gasteiger partial charge in [0.2, 0.25) is 5.82 Å². The highest BCUT2D eigenvalue weighted by atomic mass is 16.5. The number of carbonyl (C=O) groups is 1. The summed E-state index contributed by atoms with van der Waals surface area (Å²) in [6, 6.07) is 12.1. The van der Waals surface area contributed by atoms with E-state index < -0.39 is 0 Å². The van der Waals surface area contributed by atoms with Gasteiger partial charge in [-0.05, 0) is 37.3 Å². The average molecular weight is 391 g/mol. The van der Waals surface area contributed by atoms with Crippen molar-refractivity contribution in [1.29, 1.82) is 0 Å². The van der Waals surface area contributed by atoms with Gasteiger partial charge in [0, 0.05) is 19.3 Å². The number of ether oxygens (including phenoxy) is 1. The normalized spacial score (nSPS) is 19.1. The summed E-state index contributed by atoms with van der Waals surface area (Å²) in [7, 11) is 1.89. The highest BCUT2D eigenvalue weighted by Crippen LogP contribution is 2.23. The van der Waals surface area contributed by atoms with Crippen molar-refractivity contribution >= 4 is 5.91 Å². The molecule has 7 nitrogen and oxygen atoms in total. The van der Waals surface area contributed by atoms with Crippen LogP contribution in [0.4, 0.5) is 0 Å². The minimum atomic E-state index is -0.234. The molecule has 0 saturated heterocycles. The quantitative estimate of drug-likeness (QED) is 0.698. The number of rotatable bonds is 6. The van der Waals surface area contributed by atoms with Crippen molar-refractivity contribution in [1.82, 2.24) is 24.8 Å². The van der Waals surface area contributed by atoms with Crippen LogP contribution in [0, 0.1) is 0 Å². The summed E-state index contributed by atoms with van der Waals surface area (Å²) in [4.78, 5) is 25.3. The van der Waals surface area contributed by atoms with Crippen molar-refractivity contribution in [2.75, 3.05) is 0 Å². The van der Waals surface area contributed by atoms with Crippen molar-refractivity contribution in [2.45, 2.75) is 44.4 Å². The lowest BCUT2D eigenvalue weighted by Gasteiger charge is -2.29. The second kappa shape index (κ2) is 8.96. The van der Waals surface area contributed by atoms with Gasteiger partial charge >= 0.3 is 0 Å². The fourth-order valence-electron chi connectivity index (χ4n) is 3.63. The molecule has 1 aliphatic carbocycles. The molecule has 1 aromatic carbocycles. The van der Waals surface area contributed by atoms with Crippen LogP contribution in [0.25, 0.3) is 11.4 Å². The third kappa shape index (κ3) is 4.86. The zero-order valence-corrected chi connectivity index (χ0v) is 16.5. The molecule has 1 fully saturated rings. The van der Waals surface area contributed by atoms with E-state index in [1.54, 1.807) is 24.8 Å². The van der Waals surface area contributed by atoms with Crippen LogP contribution in [0.3, 0.4) is 0 Å². The summed E-state index contributed by atoms with van der Waals surface area (Å²) >= 11 is 0. The predicted octanol–water partition coefficient (Wildman–Crippen LogP) is 3.13. The fourth-order valence-corrected chi connectivity index (χ4v) is 3.63. The molecule has 0 bridgehead atoms. The molecule has 1 saturated carbocycles. The summed E-state index contributed by atoms with van der Waals surface area (Å²) < 4.78 is 7.89. The Morgan fingerprint density at radius 1 is 1.17 bits per heavy atom. The first kappa shape index (κ1) is 19.3. The maximum absolute atomic E-state index is 12.6. The van der Waals surface area contributed by atoms with Crippen LogP contribution in [0.15, 0.2) is 55.1 Å². The van der Waals surface area contributed by atoms with Gasteiger partial charge in [-0.1, -0.05) is 30.3 Å². The van der Waals surface area contributed by atoms with Crippen LogP contribution in [0.1, 0.15) is 41.9 Å². The molecule has 4 rings (SSSR count). The van der Waals surface area contributed by atoms with Gasteiger partial charge in [0.15, 0.2) is 0 Å². The molecule has 2 heterocycles. The number of carbonyl (C=O) groups excluding carboxylic acids is 1. The molecule has 3 aromatic rings. The second-order valence-corrected chi connectivity index (χ2v) is 7.40. The van der Waals surface area contributed by atoms with Crippen LogP contribution in [-0.4, -0.2) is 37.6 Å². The lowest BCUT2D eigenvalue weighted by atomic mass is 9.93. The molecule has 29 heavy (non-hydrogen) atoms. The summed E-state index contributed by atoms with van der Waals surface area (Å²) in [6.07, 6.45) is 8.95. The summed E-state index contributed by atoms with van der Waals surface area (Å²) in [5.74, 6) is -0.0474. The largest absolute Gasteiger partial charge is 0.374 e. The molecule has 0 atom stereocenters. The van der Waals surface area contributed by atoms with Gasteiger partial charge in [0.25, 0.3) is 5.91 Å². The zero-order valence-electron chi connectivity index (χ0n) is 16.5. The minimum Gasteiger partial charge on any atom is -0.374 e. The first-order valence-corrected chi connectivity index (χ1v) is 9.95. The van der Waals surface area contributed by atoms with Gasteiger partial charge in [-0.15, -0.1) is 0 Å². The lowest BCUT2D eigenvalue weighted by Crippen LogP contribution is -2.39. The summed E-state index contributed by atoms with van der Waals surface area (Å²) in [5.41, 5.74) is 2.72. The molecule has 0 unspecified atom stereocenters. The lowest BCUT2D eigenvalue weighted by molar-refractivity contribution is 0.0113. The van der Waals surface area contributed by atoms with Gasteiger partial charge in [-0.2, -0.15) is 0 Å². The van der Waals surface area contributed by atoms with Crippen LogP contribution in [-0.2, 0) is 18.4 Å². The Bertz CT molecular complexity index is 949. The van der Waals surface area contributed by atoms with Crippen LogP contribution in [0.5, 0.6) is 0 Å². The predicted molar refractivity (Wildman–Crippen MR) is 109 cm³/mol. The molecule has 1 N–H and O–H groups in total. The molecule has 0 spiro atoms. The van der Waals surface area contributed by atoms with E-state index in [1.807, 2.05) is 29.8 Å².